The molecule has 27 heavy (non-hydrogen) atoms. The maximum Gasteiger partial charge on any atom is 0.163 e. The molecule has 2 aromatic carbocycles. The molecule has 5 nitrogen and oxygen atoms in total. The fraction of sp³-hybridized carbons (Fsp3) is 0.364. The van der Waals surface area contributed by atoms with E-state index in [0.717, 1.165) is 22.6 Å². The summed E-state index contributed by atoms with van der Waals surface area (Å²) in [6, 6.07) is 14.2. The lowest BCUT2D eigenvalue weighted by Crippen LogP contribution is -2.14. The van der Waals surface area contributed by atoms with Crippen molar-refractivity contribution in [3.05, 3.63) is 59.4 Å². The molecular weight excluding hydrogens is 336 g/mol. The number of Topliss-reactive ketones (excluding diaryl/α,β-unsaturated/α-hetero) is 1. The number of hydrogen-bond acceptors (Lipinski definition) is 4. The SMILES string of the molecule is CCc1nnnn1-c1cc(C(=O)CC(C)(C)C)cc(-c2ccc(C)cc2)c1. The highest BCUT2D eigenvalue weighted by atomic mass is 16.1. The number of nitrogens with zero attached hydrogens (tertiary/aromatic N) is 4. The summed E-state index contributed by atoms with van der Waals surface area (Å²) in [6.07, 6.45) is 1.20. The number of aryl methyl sites for hydroxylation is 2. The molecule has 0 fully saturated rings. The number of ketones is 1. The molecule has 3 aromatic rings. The van der Waals surface area contributed by atoms with Gasteiger partial charge < -0.3 is 0 Å². The minimum absolute atomic E-state index is 0.0689. The van der Waals surface area contributed by atoms with Crippen LogP contribution in [0.15, 0.2) is 42.5 Å². The van der Waals surface area contributed by atoms with Crippen molar-refractivity contribution in [1.82, 2.24) is 20.2 Å². The van der Waals surface area contributed by atoms with Crippen LogP contribution in [0, 0.1) is 12.3 Å². The molecule has 0 bridgehead atoms. The van der Waals surface area contributed by atoms with E-state index in [4.69, 9.17) is 0 Å². The molecule has 0 N–H and O–H groups in total. The molecule has 140 valence electrons. The third kappa shape index (κ3) is 4.48. The zero-order valence-corrected chi connectivity index (χ0v) is 16.7. The Morgan fingerprint density at radius 3 is 2.37 bits per heavy atom. The smallest absolute Gasteiger partial charge is 0.163 e. The Bertz CT molecular complexity index is 949. The minimum atomic E-state index is -0.0689. The normalized spacial score (nSPS) is 11.6. The van der Waals surface area contributed by atoms with Crippen molar-refractivity contribution in [3.8, 4) is 16.8 Å². The van der Waals surface area contributed by atoms with Crippen molar-refractivity contribution >= 4 is 5.78 Å². The summed E-state index contributed by atoms with van der Waals surface area (Å²) in [7, 11) is 0. The van der Waals surface area contributed by atoms with Crippen LogP contribution in [-0.2, 0) is 6.42 Å². The van der Waals surface area contributed by atoms with Crippen LogP contribution in [0.4, 0.5) is 0 Å². The van der Waals surface area contributed by atoms with Gasteiger partial charge in [-0.15, -0.1) is 5.10 Å². The second-order valence-corrected chi connectivity index (χ2v) is 8.16. The maximum absolute atomic E-state index is 12.9. The molecule has 1 heterocycles. The number of tetrazole rings is 1. The molecular formula is C22H26N4O. The van der Waals surface area contributed by atoms with Crippen molar-refractivity contribution in [2.24, 2.45) is 5.41 Å². The average Bonchev–Trinajstić information content (AvgIpc) is 3.09. The van der Waals surface area contributed by atoms with E-state index in [9.17, 15) is 4.79 Å². The second-order valence-electron chi connectivity index (χ2n) is 8.16. The molecule has 0 aliphatic heterocycles. The van der Waals surface area contributed by atoms with Crippen LogP contribution in [0.3, 0.4) is 0 Å². The van der Waals surface area contributed by atoms with E-state index < -0.39 is 0 Å². The Morgan fingerprint density at radius 1 is 1.04 bits per heavy atom. The number of benzene rings is 2. The van der Waals surface area contributed by atoms with E-state index in [-0.39, 0.29) is 11.2 Å². The molecule has 3 rings (SSSR count). The van der Waals surface area contributed by atoms with Crippen molar-refractivity contribution in [2.45, 2.75) is 47.5 Å². The summed E-state index contributed by atoms with van der Waals surface area (Å²) in [4.78, 5) is 12.9. The van der Waals surface area contributed by atoms with Gasteiger partial charge in [-0.1, -0.05) is 57.5 Å². The standard InChI is InChI=1S/C22H26N4O/c1-6-21-23-24-25-26(21)19-12-17(16-9-7-15(2)8-10-16)11-18(13-19)20(27)14-22(3,4)5/h7-13H,6,14H2,1-5H3. The number of carbonyl (C=O) groups is 1. The van der Waals surface area contributed by atoms with Gasteiger partial charge in [0.15, 0.2) is 11.6 Å². The molecule has 0 amide bonds. The highest BCUT2D eigenvalue weighted by molar-refractivity contribution is 5.98. The minimum Gasteiger partial charge on any atom is -0.294 e. The summed E-state index contributed by atoms with van der Waals surface area (Å²) in [6.45, 7) is 10.3. The lowest BCUT2D eigenvalue weighted by Gasteiger charge is -2.18. The Balaban J connectivity index is 2.13. The zero-order valence-electron chi connectivity index (χ0n) is 16.7. The number of rotatable bonds is 5. The van der Waals surface area contributed by atoms with Crippen molar-refractivity contribution < 1.29 is 4.79 Å². The number of hydrogen-bond donors (Lipinski definition) is 0. The second kappa shape index (κ2) is 7.43. The Kier molecular flexibility index (Phi) is 5.22. The van der Waals surface area contributed by atoms with E-state index in [1.807, 2.05) is 25.1 Å². The number of aromatic nitrogens is 4. The Hall–Kier alpha value is -2.82. The van der Waals surface area contributed by atoms with E-state index >= 15 is 0 Å². The van der Waals surface area contributed by atoms with Gasteiger partial charge in [0.1, 0.15) is 0 Å². The summed E-state index contributed by atoms with van der Waals surface area (Å²) in [5.41, 5.74) is 4.69. The first-order chi connectivity index (χ1) is 12.8. The average molecular weight is 362 g/mol. The van der Waals surface area contributed by atoms with Crippen LogP contribution in [-0.4, -0.2) is 26.0 Å². The fourth-order valence-corrected chi connectivity index (χ4v) is 3.02. The first-order valence-corrected chi connectivity index (χ1v) is 9.30. The monoisotopic (exact) mass is 362 g/mol. The van der Waals surface area contributed by atoms with E-state index in [2.05, 4.69) is 67.5 Å². The first-order valence-electron chi connectivity index (χ1n) is 9.30. The van der Waals surface area contributed by atoms with Gasteiger partial charge in [-0.2, -0.15) is 4.68 Å². The zero-order chi connectivity index (χ0) is 19.6. The van der Waals surface area contributed by atoms with Crippen molar-refractivity contribution in [2.75, 3.05) is 0 Å². The van der Waals surface area contributed by atoms with Gasteiger partial charge >= 0.3 is 0 Å². The molecule has 0 atom stereocenters. The highest BCUT2D eigenvalue weighted by Gasteiger charge is 2.19. The summed E-state index contributed by atoms with van der Waals surface area (Å²) < 4.78 is 1.71. The molecule has 5 heteroatoms. The van der Waals surface area contributed by atoms with Gasteiger partial charge in [-0.05, 0) is 52.1 Å². The Labute approximate surface area is 160 Å². The Morgan fingerprint density at radius 2 is 1.74 bits per heavy atom. The molecule has 0 saturated carbocycles. The van der Waals surface area contributed by atoms with Crippen LogP contribution < -0.4 is 0 Å². The van der Waals surface area contributed by atoms with Gasteiger partial charge in [0, 0.05) is 18.4 Å². The molecule has 0 spiro atoms. The molecule has 0 aliphatic rings. The predicted molar refractivity (Wildman–Crippen MR) is 107 cm³/mol. The summed E-state index contributed by atoms with van der Waals surface area (Å²) in [5.74, 6) is 0.897. The predicted octanol–water partition coefficient (Wildman–Crippen LogP) is 4.82. The van der Waals surface area contributed by atoms with E-state index in [1.54, 1.807) is 4.68 Å². The highest BCUT2D eigenvalue weighted by Crippen LogP contribution is 2.28. The van der Waals surface area contributed by atoms with Crippen molar-refractivity contribution in [1.29, 1.82) is 0 Å². The van der Waals surface area contributed by atoms with Gasteiger partial charge in [0.25, 0.3) is 0 Å². The van der Waals surface area contributed by atoms with Crippen LogP contribution >= 0.6 is 0 Å². The topological polar surface area (TPSA) is 60.7 Å². The molecule has 0 unspecified atom stereocenters. The van der Waals surface area contributed by atoms with Gasteiger partial charge in [0.2, 0.25) is 0 Å². The van der Waals surface area contributed by atoms with Crippen LogP contribution in [0.2, 0.25) is 0 Å². The molecule has 1 aromatic heterocycles. The molecule has 0 radical (unpaired) electrons. The third-order valence-electron chi connectivity index (χ3n) is 4.41. The quantitative estimate of drug-likeness (QED) is 0.611. The van der Waals surface area contributed by atoms with Crippen LogP contribution in [0.25, 0.3) is 16.8 Å². The van der Waals surface area contributed by atoms with Gasteiger partial charge in [-0.25, -0.2) is 0 Å². The van der Waals surface area contributed by atoms with Crippen molar-refractivity contribution in [3.63, 3.8) is 0 Å². The van der Waals surface area contributed by atoms with Crippen LogP contribution in [0.1, 0.15) is 55.9 Å². The third-order valence-corrected chi connectivity index (χ3v) is 4.41. The fourth-order valence-electron chi connectivity index (χ4n) is 3.02. The first kappa shape index (κ1) is 19.0. The van der Waals surface area contributed by atoms with E-state index in [0.29, 0.717) is 18.4 Å². The van der Waals surface area contributed by atoms with E-state index in [1.165, 1.54) is 5.56 Å². The molecule has 0 aliphatic carbocycles. The largest absolute Gasteiger partial charge is 0.294 e. The lowest BCUT2D eigenvalue weighted by molar-refractivity contribution is 0.0940. The van der Waals surface area contributed by atoms with Gasteiger partial charge in [-0.3, -0.25) is 4.79 Å². The lowest BCUT2D eigenvalue weighted by atomic mass is 9.87. The number of carbonyl (C=O) groups excluding carboxylic acids is 1. The maximum atomic E-state index is 12.9. The van der Waals surface area contributed by atoms with Gasteiger partial charge in [0.05, 0.1) is 5.69 Å². The molecule has 0 saturated heterocycles. The van der Waals surface area contributed by atoms with Crippen LogP contribution in [0.5, 0.6) is 0 Å². The summed E-state index contributed by atoms with van der Waals surface area (Å²) in [5, 5.41) is 12.0. The summed E-state index contributed by atoms with van der Waals surface area (Å²) >= 11 is 0.